The summed E-state index contributed by atoms with van der Waals surface area (Å²) >= 11 is 9.41. The molecule has 0 radical (unpaired) electrons. The van der Waals surface area contributed by atoms with Gasteiger partial charge in [-0.1, -0.05) is 27.5 Å². The van der Waals surface area contributed by atoms with Crippen molar-refractivity contribution in [2.45, 2.75) is 31.9 Å². The van der Waals surface area contributed by atoms with E-state index < -0.39 is 0 Å². The highest BCUT2D eigenvalue weighted by molar-refractivity contribution is 9.10. The van der Waals surface area contributed by atoms with Crippen LogP contribution in [0.1, 0.15) is 29.6 Å². The zero-order chi connectivity index (χ0) is 16.2. The summed E-state index contributed by atoms with van der Waals surface area (Å²) in [5, 5.41) is 7.50. The van der Waals surface area contributed by atoms with Crippen molar-refractivity contribution in [3.05, 3.63) is 45.7 Å². The minimum atomic E-state index is -0.259. The van der Waals surface area contributed by atoms with Gasteiger partial charge in [-0.05, 0) is 37.5 Å². The van der Waals surface area contributed by atoms with Crippen LogP contribution in [0.3, 0.4) is 0 Å². The maximum absolute atomic E-state index is 12.3. The highest BCUT2D eigenvalue weighted by Crippen LogP contribution is 2.22. The number of carbonyl (C=O) groups excluding carboxylic acids is 1. The van der Waals surface area contributed by atoms with Gasteiger partial charge in [-0.3, -0.25) is 9.48 Å². The van der Waals surface area contributed by atoms with Crippen LogP contribution in [0.15, 0.2) is 35.1 Å². The molecule has 1 aliphatic heterocycles. The second kappa shape index (κ2) is 7.47. The first-order valence-corrected chi connectivity index (χ1v) is 8.69. The molecular formula is C16H17BrClN3O2. The van der Waals surface area contributed by atoms with E-state index in [1.165, 1.54) is 6.42 Å². The lowest BCUT2D eigenvalue weighted by atomic mass is 10.1. The first kappa shape index (κ1) is 16.5. The molecule has 1 aromatic heterocycles. The molecule has 1 aromatic carbocycles. The lowest BCUT2D eigenvalue weighted by molar-refractivity contribution is 0.00401. The molecule has 122 valence electrons. The van der Waals surface area contributed by atoms with Crippen molar-refractivity contribution >= 4 is 39.1 Å². The fraction of sp³-hybridized carbons (Fsp3) is 0.375. The summed E-state index contributed by atoms with van der Waals surface area (Å²) < 4.78 is 8.30. The Morgan fingerprint density at radius 2 is 2.35 bits per heavy atom. The van der Waals surface area contributed by atoms with Crippen molar-refractivity contribution in [1.29, 1.82) is 0 Å². The number of carbonyl (C=O) groups is 1. The van der Waals surface area contributed by atoms with E-state index >= 15 is 0 Å². The third-order valence-electron chi connectivity index (χ3n) is 3.73. The number of nitrogens with zero attached hydrogens (tertiary/aromatic N) is 2. The summed E-state index contributed by atoms with van der Waals surface area (Å²) in [6.07, 6.45) is 7.01. The van der Waals surface area contributed by atoms with Crippen molar-refractivity contribution in [3.8, 4) is 0 Å². The van der Waals surface area contributed by atoms with Gasteiger partial charge in [0.25, 0.3) is 5.91 Å². The Kier molecular flexibility index (Phi) is 5.35. The summed E-state index contributed by atoms with van der Waals surface area (Å²) in [4.78, 5) is 12.3. The first-order chi connectivity index (χ1) is 11.1. The molecule has 3 rings (SSSR count). The van der Waals surface area contributed by atoms with Crippen LogP contribution in [-0.2, 0) is 11.3 Å². The van der Waals surface area contributed by atoms with Crippen LogP contribution in [0.4, 0.5) is 5.69 Å². The van der Waals surface area contributed by atoms with E-state index in [-0.39, 0.29) is 12.0 Å². The van der Waals surface area contributed by atoms with Crippen LogP contribution >= 0.6 is 27.5 Å². The number of benzene rings is 1. The van der Waals surface area contributed by atoms with Crippen molar-refractivity contribution < 1.29 is 9.53 Å². The van der Waals surface area contributed by atoms with Crippen LogP contribution in [0.2, 0.25) is 5.02 Å². The van der Waals surface area contributed by atoms with Crippen LogP contribution in [0.25, 0.3) is 0 Å². The Morgan fingerprint density at radius 3 is 3.13 bits per heavy atom. The van der Waals surface area contributed by atoms with Crippen molar-refractivity contribution in [2.75, 3.05) is 11.9 Å². The smallest absolute Gasteiger partial charge is 0.257 e. The minimum absolute atomic E-state index is 0.201. The first-order valence-electron chi connectivity index (χ1n) is 7.52. The van der Waals surface area contributed by atoms with Crippen molar-refractivity contribution in [2.24, 2.45) is 0 Å². The maximum atomic E-state index is 12.3. The van der Waals surface area contributed by atoms with Crippen LogP contribution in [0, 0.1) is 0 Å². The summed E-state index contributed by atoms with van der Waals surface area (Å²) in [6.45, 7) is 1.52. The zero-order valence-electron chi connectivity index (χ0n) is 12.5. The maximum Gasteiger partial charge on any atom is 0.257 e. The number of anilines is 1. The monoisotopic (exact) mass is 397 g/mol. The normalized spacial score (nSPS) is 17.9. The van der Waals surface area contributed by atoms with Gasteiger partial charge in [0, 0.05) is 17.3 Å². The molecule has 0 aliphatic carbocycles. The lowest BCUT2D eigenvalue weighted by Crippen LogP contribution is -2.24. The number of rotatable bonds is 4. The van der Waals surface area contributed by atoms with E-state index in [1.54, 1.807) is 29.1 Å². The van der Waals surface area contributed by atoms with Gasteiger partial charge in [0.2, 0.25) is 0 Å². The summed E-state index contributed by atoms with van der Waals surface area (Å²) in [5.41, 5.74) is 1.06. The molecule has 1 N–H and O–H groups in total. The molecule has 1 fully saturated rings. The Morgan fingerprint density at radius 1 is 1.48 bits per heavy atom. The fourth-order valence-corrected chi connectivity index (χ4v) is 3.12. The van der Waals surface area contributed by atoms with Crippen LogP contribution in [0.5, 0.6) is 0 Å². The number of ether oxygens (including phenoxy) is 1. The number of aromatic nitrogens is 2. The summed E-state index contributed by atoms with van der Waals surface area (Å²) in [7, 11) is 0. The molecule has 0 bridgehead atoms. The van der Waals surface area contributed by atoms with Crippen molar-refractivity contribution in [3.63, 3.8) is 0 Å². The zero-order valence-corrected chi connectivity index (χ0v) is 14.8. The lowest BCUT2D eigenvalue weighted by Gasteiger charge is -2.22. The Bertz CT molecular complexity index is 698. The van der Waals surface area contributed by atoms with Gasteiger partial charge in [-0.15, -0.1) is 0 Å². The van der Waals surface area contributed by atoms with Gasteiger partial charge in [-0.2, -0.15) is 5.10 Å². The van der Waals surface area contributed by atoms with Gasteiger partial charge >= 0.3 is 0 Å². The second-order valence-corrected chi connectivity index (χ2v) is 6.84. The molecule has 2 aromatic rings. The molecule has 5 nitrogen and oxygen atoms in total. The number of hydrogen-bond donors (Lipinski definition) is 1. The summed E-state index contributed by atoms with van der Waals surface area (Å²) in [6, 6.07) is 5.17. The molecule has 2 heterocycles. The van der Waals surface area contributed by atoms with E-state index in [1.807, 2.05) is 6.20 Å². The van der Waals surface area contributed by atoms with E-state index in [9.17, 15) is 4.79 Å². The number of hydrogen-bond acceptors (Lipinski definition) is 3. The molecule has 23 heavy (non-hydrogen) atoms. The minimum Gasteiger partial charge on any atom is -0.376 e. The van der Waals surface area contributed by atoms with Crippen LogP contribution in [-0.4, -0.2) is 28.4 Å². The van der Waals surface area contributed by atoms with E-state index in [0.29, 0.717) is 22.8 Å². The molecule has 1 saturated heterocycles. The molecule has 1 atom stereocenters. The predicted octanol–water partition coefficient (Wildman–Crippen LogP) is 4.12. The molecule has 0 spiro atoms. The highest BCUT2D eigenvalue weighted by Gasteiger charge is 2.16. The van der Waals surface area contributed by atoms with Gasteiger partial charge in [0.1, 0.15) is 0 Å². The van der Waals surface area contributed by atoms with Gasteiger partial charge < -0.3 is 10.1 Å². The largest absolute Gasteiger partial charge is 0.376 e. The molecule has 7 heteroatoms. The predicted molar refractivity (Wildman–Crippen MR) is 92.9 cm³/mol. The molecular weight excluding hydrogens is 382 g/mol. The third-order valence-corrected chi connectivity index (χ3v) is 4.55. The van der Waals surface area contributed by atoms with Crippen LogP contribution < -0.4 is 5.32 Å². The van der Waals surface area contributed by atoms with Gasteiger partial charge in [0.05, 0.1) is 35.1 Å². The SMILES string of the molecule is O=C(Nc1cnn(CC2CCCCO2)c1)c1cc(Br)ccc1Cl. The standard InChI is InChI=1S/C16H17BrClN3O2/c17-11-4-5-15(18)14(7-11)16(22)20-12-8-19-21(9-12)10-13-3-1-2-6-23-13/h4-5,7-9,13H,1-3,6,10H2,(H,20,22). The second-order valence-electron chi connectivity index (χ2n) is 5.52. The van der Waals surface area contributed by atoms with Crippen molar-refractivity contribution in [1.82, 2.24) is 9.78 Å². The topological polar surface area (TPSA) is 56.2 Å². The van der Waals surface area contributed by atoms with Gasteiger partial charge in [-0.25, -0.2) is 0 Å². The fourth-order valence-electron chi connectivity index (χ4n) is 2.56. The molecule has 0 saturated carbocycles. The van der Waals surface area contributed by atoms with E-state index in [0.717, 1.165) is 23.9 Å². The number of nitrogens with one attached hydrogen (secondary N) is 1. The highest BCUT2D eigenvalue weighted by atomic mass is 79.9. The molecule has 1 unspecified atom stereocenters. The quantitative estimate of drug-likeness (QED) is 0.843. The van der Waals surface area contributed by atoms with E-state index in [4.69, 9.17) is 16.3 Å². The Labute approximate surface area is 148 Å². The third kappa shape index (κ3) is 4.34. The summed E-state index contributed by atoms with van der Waals surface area (Å²) in [5.74, 6) is -0.259. The number of halogens is 2. The Balaban J connectivity index is 1.64. The number of amides is 1. The molecule has 1 aliphatic rings. The molecule has 1 amide bonds. The van der Waals surface area contributed by atoms with E-state index in [2.05, 4.69) is 26.3 Å². The average molecular weight is 399 g/mol. The van der Waals surface area contributed by atoms with Gasteiger partial charge in [0.15, 0.2) is 0 Å². The Hall–Kier alpha value is -1.37. The average Bonchev–Trinajstić information content (AvgIpc) is 2.97.